The van der Waals surface area contributed by atoms with Gasteiger partial charge in [-0.2, -0.15) is 0 Å². The van der Waals surface area contributed by atoms with E-state index in [2.05, 4.69) is 11.9 Å². The summed E-state index contributed by atoms with van der Waals surface area (Å²) in [6, 6.07) is 3.62. The maximum absolute atomic E-state index is 10.3. The molecule has 0 spiro atoms. The second kappa shape index (κ2) is 5.36. The van der Waals surface area contributed by atoms with Crippen molar-refractivity contribution in [3.8, 4) is 0 Å². The average Bonchev–Trinajstić information content (AvgIpc) is 2.21. The summed E-state index contributed by atoms with van der Waals surface area (Å²) in [7, 11) is 0. The molecule has 0 saturated heterocycles. The van der Waals surface area contributed by atoms with Crippen LogP contribution in [0.1, 0.15) is 0 Å². The molecule has 0 unspecified atom stereocenters. The number of nitrogen functional groups attached to an aromatic ring is 1. The summed E-state index contributed by atoms with van der Waals surface area (Å²) in [5, 5.41) is 18.3. The maximum atomic E-state index is 10.3. The number of nitro benzene ring substituents is 1. The Morgan fingerprint density at radius 1 is 1.50 bits per heavy atom. The van der Waals surface area contributed by atoms with Crippen LogP contribution in [0.4, 0.5) is 17.1 Å². The molecule has 0 aliphatic carbocycles. The van der Waals surface area contributed by atoms with Crippen LogP contribution >= 0.6 is 0 Å². The van der Waals surface area contributed by atoms with E-state index in [4.69, 9.17) is 11.1 Å². The minimum Gasteiger partial charge on any atom is -0.393 e. The van der Waals surface area contributed by atoms with Crippen LogP contribution in [0.3, 0.4) is 0 Å². The molecule has 0 radical (unpaired) electrons. The number of nitro groups is 1. The predicted octanol–water partition coefficient (Wildman–Crippen LogP) is 1.84. The van der Waals surface area contributed by atoms with Gasteiger partial charge in [0, 0.05) is 6.07 Å². The number of rotatable bonds is 2. The Bertz CT molecular complexity index is 353. The highest BCUT2D eigenvalue weighted by molar-refractivity contribution is 5.63. The molecule has 0 aliphatic rings. The van der Waals surface area contributed by atoms with Gasteiger partial charge in [-0.1, -0.05) is 0 Å². The van der Waals surface area contributed by atoms with Crippen LogP contribution in [0, 0.1) is 20.4 Å². The zero-order valence-electron chi connectivity index (χ0n) is 7.14. The highest BCUT2D eigenvalue weighted by Gasteiger charge is 2.11. The molecule has 0 saturated carbocycles. The topological polar surface area (TPSA) is 122 Å². The lowest BCUT2D eigenvalue weighted by atomic mass is 10.2. The van der Waals surface area contributed by atoms with Crippen LogP contribution in [0.15, 0.2) is 23.4 Å². The second-order valence-corrected chi connectivity index (χ2v) is 2.09. The Kier molecular flexibility index (Phi) is 4.47. The van der Waals surface area contributed by atoms with E-state index in [0.29, 0.717) is 0 Å². The lowest BCUT2D eigenvalue weighted by Crippen LogP contribution is -1.94. The van der Waals surface area contributed by atoms with Gasteiger partial charge in [0.15, 0.2) is 0 Å². The van der Waals surface area contributed by atoms with Gasteiger partial charge in [-0.05, 0) is 24.0 Å². The van der Waals surface area contributed by atoms with Gasteiger partial charge in [0.25, 0.3) is 5.69 Å². The molecule has 0 atom stereocenters. The fourth-order valence-electron chi connectivity index (χ4n) is 0.747. The molecule has 1 rings (SSSR count). The fourth-order valence-corrected chi connectivity index (χ4v) is 0.747. The van der Waals surface area contributed by atoms with Gasteiger partial charge in [0.2, 0.25) is 0 Å². The van der Waals surface area contributed by atoms with Crippen molar-refractivity contribution in [3.05, 3.63) is 33.2 Å². The van der Waals surface area contributed by atoms with Gasteiger partial charge in [0.1, 0.15) is 11.4 Å². The zero-order chi connectivity index (χ0) is 11.1. The van der Waals surface area contributed by atoms with E-state index >= 15 is 0 Å². The van der Waals surface area contributed by atoms with Crippen LogP contribution < -0.4 is 5.73 Å². The van der Waals surface area contributed by atoms with Gasteiger partial charge in [-0.3, -0.25) is 10.1 Å². The molecular formula is C7H8N4O3. The first-order valence-corrected chi connectivity index (χ1v) is 3.38. The standard InChI is InChI=1S/C6H5N3O3.CH3N/c7-5-2-1-4(8-10)3-6(5)9(11)12;1-2/h1-3H,7H2;2H,1H2. The summed E-state index contributed by atoms with van der Waals surface area (Å²) in [5.41, 5.74) is 4.98. The third-order valence-electron chi connectivity index (χ3n) is 1.32. The zero-order valence-corrected chi connectivity index (χ0v) is 7.14. The van der Waals surface area contributed by atoms with E-state index in [1.165, 1.54) is 12.1 Å². The smallest absolute Gasteiger partial charge is 0.294 e. The van der Waals surface area contributed by atoms with Crippen molar-refractivity contribution in [2.45, 2.75) is 0 Å². The molecule has 0 aliphatic heterocycles. The Hall–Kier alpha value is -2.31. The number of hydrogen-bond acceptors (Lipinski definition) is 6. The number of nitrogens with one attached hydrogen (secondary N) is 1. The van der Waals surface area contributed by atoms with E-state index < -0.39 is 4.92 Å². The summed E-state index contributed by atoms with van der Waals surface area (Å²) in [6.07, 6.45) is 0. The number of nitrogens with two attached hydrogens (primary N) is 1. The van der Waals surface area contributed by atoms with Crippen LogP contribution in [0.2, 0.25) is 0 Å². The van der Waals surface area contributed by atoms with Gasteiger partial charge >= 0.3 is 0 Å². The second-order valence-electron chi connectivity index (χ2n) is 2.09. The minimum absolute atomic E-state index is 0.00380. The van der Waals surface area contributed by atoms with E-state index in [1.54, 1.807) is 0 Å². The van der Waals surface area contributed by atoms with Crippen molar-refractivity contribution >= 4 is 23.8 Å². The summed E-state index contributed by atoms with van der Waals surface area (Å²) < 4.78 is 0. The molecule has 7 heteroatoms. The fraction of sp³-hybridized carbons (Fsp3) is 0. The molecule has 74 valence electrons. The number of nitroso groups, excluding NO2 is 1. The SMILES string of the molecule is C=N.Nc1ccc(N=O)cc1[N+](=O)[O-]. The summed E-state index contributed by atoms with van der Waals surface area (Å²) >= 11 is 0. The molecule has 0 amide bonds. The summed E-state index contributed by atoms with van der Waals surface area (Å²) in [5.74, 6) is 0. The monoisotopic (exact) mass is 196 g/mol. The Balaban J connectivity index is 0.000000791. The Labute approximate surface area is 79.2 Å². The van der Waals surface area contributed by atoms with Crippen LogP contribution in [0.25, 0.3) is 0 Å². The highest BCUT2D eigenvalue weighted by atomic mass is 16.6. The van der Waals surface area contributed by atoms with Crippen LogP contribution in [-0.2, 0) is 0 Å². The molecule has 0 heterocycles. The van der Waals surface area contributed by atoms with Crippen LogP contribution in [-0.4, -0.2) is 11.6 Å². The predicted molar refractivity (Wildman–Crippen MR) is 52.8 cm³/mol. The van der Waals surface area contributed by atoms with Crippen molar-refractivity contribution < 1.29 is 4.92 Å². The minimum atomic E-state index is -0.663. The molecule has 0 aromatic heterocycles. The molecule has 1 aromatic rings. The van der Waals surface area contributed by atoms with Crippen molar-refractivity contribution in [1.82, 2.24) is 0 Å². The lowest BCUT2D eigenvalue weighted by molar-refractivity contribution is -0.383. The van der Waals surface area contributed by atoms with Crippen LogP contribution in [0.5, 0.6) is 0 Å². The average molecular weight is 196 g/mol. The number of nitrogens with zero attached hydrogens (tertiary/aromatic N) is 2. The summed E-state index contributed by atoms with van der Waals surface area (Å²) in [4.78, 5) is 19.6. The first-order chi connectivity index (χ1) is 6.65. The van der Waals surface area contributed by atoms with Crippen molar-refractivity contribution in [2.75, 3.05) is 5.73 Å². The Morgan fingerprint density at radius 3 is 2.50 bits per heavy atom. The van der Waals surface area contributed by atoms with Gasteiger partial charge < -0.3 is 11.1 Å². The molecule has 1 aromatic carbocycles. The first-order valence-electron chi connectivity index (χ1n) is 3.38. The molecule has 3 N–H and O–H groups in total. The van der Waals surface area contributed by atoms with Gasteiger partial charge in [0.05, 0.1) is 4.92 Å². The van der Waals surface area contributed by atoms with Crippen molar-refractivity contribution in [3.63, 3.8) is 0 Å². The third-order valence-corrected chi connectivity index (χ3v) is 1.32. The van der Waals surface area contributed by atoms with E-state index in [0.717, 1.165) is 6.07 Å². The van der Waals surface area contributed by atoms with E-state index in [1.807, 2.05) is 0 Å². The molecular weight excluding hydrogens is 188 g/mol. The van der Waals surface area contributed by atoms with Gasteiger partial charge in [-0.15, -0.1) is 4.91 Å². The number of anilines is 1. The largest absolute Gasteiger partial charge is 0.393 e. The van der Waals surface area contributed by atoms with E-state index in [9.17, 15) is 15.0 Å². The number of hydrogen-bond donors (Lipinski definition) is 2. The Morgan fingerprint density at radius 2 is 2.07 bits per heavy atom. The van der Waals surface area contributed by atoms with Gasteiger partial charge in [-0.25, -0.2) is 0 Å². The van der Waals surface area contributed by atoms with Crippen molar-refractivity contribution in [2.24, 2.45) is 5.18 Å². The molecule has 0 bridgehead atoms. The first kappa shape index (κ1) is 11.7. The molecule has 7 nitrogen and oxygen atoms in total. The third kappa shape index (κ3) is 2.63. The molecule has 14 heavy (non-hydrogen) atoms. The quantitative estimate of drug-likeness (QED) is 0.246. The van der Waals surface area contributed by atoms with E-state index in [-0.39, 0.29) is 17.1 Å². The normalized spacial score (nSPS) is 8.29. The summed E-state index contributed by atoms with van der Waals surface area (Å²) in [6.45, 7) is 2.50. The highest BCUT2D eigenvalue weighted by Crippen LogP contribution is 2.26. The maximum Gasteiger partial charge on any atom is 0.294 e. The lowest BCUT2D eigenvalue weighted by Gasteiger charge is -1.95. The number of benzene rings is 1. The molecule has 0 fully saturated rings. The van der Waals surface area contributed by atoms with Crippen molar-refractivity contribution in [1.29, 1.82) is 5.41 Å².